The molecule has 0 N–H and O–H groups in total. The molecule has 2 aliphatic heterocycles. The fraction of sp³-hybridized carbons (Fsp3) is 0.357. The predicted octanol–water partition coefficient (Wildman–Crippen LogP) is 1.12. The van der Waals surface area contributed by atoms with Crippen LogP contribution < -0.4 is 4.90 Å². The van der Waals surface area contributed by atoms with E-state index in [4.69, 9.17) is 0 Å². The van der Waals surface area contributed by atoms with Crippen molar-refractivity contribution in [2.75, 3.05) is 24.5 Å². The molecule has 0 aliphatic carbocycles. The molecule has 1 saturated heterocycles. The van der Waals surface area contributed by atoms with Gasteiger partial charge in [0.2, 0.25) is 5.91 Å². The maximum absolute atomic E-state index is 13.9. The monoisotopic (exact) mass is 294 g/mol. The van der Waals surface area contributed by atoms with Gasteiger partial charge < -0.3 is 4.90 Å². The Balaban J connectivity index is 1.94. The molecular formula is C14H12F2N2O3. The smallest absolute Gasteiger partial charge is 0.300 e. The summed E-state index contributed by atoms with van der Waals surface area (Å²) in [5.74, 6) is -4.40. The lowest BCUT2D eigenvalue weighted by Crippen LogP contribution is -2.41. The number of likely N-dealkylation sites (tertiary alicyclic amines) is 1. The summed E-state index contributed by atoms with van der Waals surface area (Å²) >= 11 is 0. The van der Waals surface area contributed by atoms with Crippen molar-refractivity contribution in [1.82, 2.24) is 4.90 Å². The van der Waals surface area contributed by atoms with Gasteiger partial charge in [0, 0.05) is 13.1 Å². The molecule has 110 valence electrons. The van der Waals surface area contributed by atoms with E-state index in [-0.39, 0.29) is 5.91 Å². The number of hydrogen-bond donors (Lipinski definition) is 0. The van der Waals surface area contributed by atoms with Crippen LogP contribution in [0.15, 0.2) is 12.1 Å². The molecule has 7 heteroatoms. The molecule has 0 atom stereocenters. The fourth-order valence-electron chi connectivity index (χ4n) is 2.70. The number of benzene rings is 1. The first-order valence-corrected chi connectivity index (χ1v) is 6.62. The van der Waals surface area contributed by atoms with Gasteiger partial charge >= 0.3 is 0 Å². The van der Waals surface area contributed by atoms with Crippen LogP contribution in [0, 0.1) is 11.6 Å². The summed E-state index contributed by atoms with van der Waals surface area (Å²) in [6.07, 6.45) is 1.75. The highest BCUT2D eigenvalue weighted by atomic mass is 19.1. The number of nitrogens with zero attached hydrogens (tertiary/aromatic N) is 2. The normalized spacial score (nSPS) is 17.6. The third-order valence-electron chi connectivity index (χ3n) is 3.77. The van der Waals surface area contributed by atoms with E-state index in [1.54, 1.807) is 4.90 Å². The van der Waals surface area contributed by atoms with Gasteiger partial charge in [-0.05, 0) is 25.0 Å². The third kappa shape index (κ3) is 2.09. The molecular weight excluding hydrogens is 282 g/mol. The van der Waals surface area contributed by atoms with E-state index >= 15 is 0 Å². The second-order valence-corrected chi connectivity index (χ2v) is 5.06. The summed E-state index contributed by atoms with van der Waals surface area (Å²) in [6.45, 7) is 0.707. The molecule has 0 unspecified atom stereocenters. The maximum Gasteiger partial charge on any atom is 0.300 e. The third-order valence-corrected chi connectivity index (χ3v) is 3.77. The van der Waals surface area contributed by atoms with Crippen molar-refractivity contribution in [3.05, 3.63) is 29.3 Å². The standard InChI is InChI=1S/C14H12F2N2O3/c15-8-3-4-9(16)12-11(8)13(20)14(21)18(12)7-10(19)17-5-1-2-6-17/h3-4H,1-2,5-7H2. The van der Waals surface area contributed by atoms with Gasteiger partial charge in [0.25, 0.3) is 11.7 Å². The second kappa shape index (κ2) is 4.91. The van der Waals surface area contributed by atoms with Gasteiger partial charge in [-0.2, -0.15) is 0 Å². The largest absolute Gasteiger partial charge is 0.341 e. The number of halogens is 2. The summed E-state index contributed by atoms with van der Waals surface area (Å²) < 4.78 is 27.5. The lowest BCUT2D eigenvalue weighted by atomic mass is 10.1. The lowest BCUT2D eigenvalue weighted by molar-refractivity contribution is -0.129. The molecule has 3 rings (SSSR count). The number of amides is 2. The zero-order valence-corrected chi connectivity index (χ0v) is 11.1. The number of carbonyl (C=O) groups excluding carboxylic acids is 3. The van der Waals surface area contributed by atoms with Crippen molar-refractivity contribution < 1.29 is 23.2 Å². The molecule has 1 aromatic rings. The predicted molar refractivity (Wildman–Crippen MR) is 68.9 cm³/mol. The summed E-state index contributed by atoms with van der Waals surface area (Å²) in [7, 11) is 0. The van der Waals surface area contributed by atoms with Crippen LogP contribution in [0.1, 0.15) is 23.2 Å². The topological polar surface area (TPSA) is 57.7 Å². The number of anilines is 1. The quantitative estimate of drug-likeness (QED) is 0.768. The Labute approximate surface area is 119 Å². The first-order valence-electron chi connectivity index (χ1n) is 6.62. The van der Waals surface area contributed by atoms with Gasteiger partial charge in [-0.3, -0.25) is 19.3 Å². The number of hydrogen-bond acceptors (Lipinski definition) is 3. The minimum absolute atomic E-state index is 0.370. The van der Waals surface area contributed by atoms with E-state index in [2.05, 4.69) is 0 Å². The van der Waals surface area contributed by atoms with Gasteiger partial charge in [-0.1, -0.05) is 0 Å². The number of fused-ring (bicyclic) bond motifs is 1. The van der Waals surface area contributed by atoms with Crippen LogP contribution in [0.2, 0.25) is 0 Å². The fourth-order valence-corrected chi connectivity index (χ4v) is 2.70. The van der Waals surface area contributed by atoms with Gasteiger partial charge in [0.1, 0.15) is 18.2 Å². The van der Waals surface area contributed by atoms with E-state index in [9.17, 15) is 23.2 Å². The molecule has 2 aliphatic rings. The number of ketones is 1. The Hall–Kier alpha value is -2.31. The maximum atomic E-state index is 13.9. The van der Waals surface area contributed by atoms with E-state index in [0.29, 0.717) is 13.1 Å². The second-order valence-electron chi connectivity index (χ2n) is 5.06. The Morgan fingerprint density at radius 3 is 2.38 bits per heavy atom. The van der Waals surface area contributed by atoms with Crippen molar-refractivity contribution in [2.45, 2.75) is 12.8 Å². The van der Waals surface area contributed by atoms with Gasteiger partial charge in [-0.15, -0.1) is 0 Å². The molecule has 0 bridgehead atoms. The highest BCUT2D eigenvalue weighted by molar-refractivity contribution is 6.52. The van der Waals surface area contributed by atoms with E-state index in [1.165, 1.54) is 0 Å². The molecule has 0 saturated carbocycles. The summed E-state index contributed by atoms with van der Waals surface area (Å²) in [4.78, 5) is 38.0. The average Bonchev–Trinajstić information content (AvgIpc) is 3.06. The van der Waals surface area contributed by atoms with E-state index in [1.807, 2.05) is 0 Å². The minimum atomic E-state index is -1.11. The molecule has 2 heterocycles. The molecule has 21 heavy (non-hydrogen) atoms. The Morgan fingerprint density at radius 2 is 1.71 bits per heavy atom. The SMILES string of the molecule is O=C1C(=O)N(CC(=O)N2CCCC2)c2c(F)ccc(F)c21. The van der Waals surface area contributed by atoms with E-state index in [0.717, 1.165) is 29.9 Å². The minimum Gasteiger partial charge on any atom is -0.341 e. The van der Waals surface area contributed by atoms with Crippen LogP contribution >= 0.6 is 0 Å². The highest BCUT2D eigenvalue weighted by Crippen LogP contribution is 2.33. The van der Waals surface area contributed by atoms with Crippen LogP contribution in [0.4, 0.5) is 14.5 Å². The van der Waals surface area contributed by atoms with Gasteiger partial charge in [0.15, 0.2) is 0 Å². The number of Topliss-reactive ketones (excluding diaryl/α,β-unsaturated/α-hetero) is 1. The van der Waals surface area contributed by atoms with Gasteiger partial charge in [0.05, 0.1) is 11.3 Å². The van der Waals surface area contributed by atoms with Crippen molar-refractivity contribution in [1.29, 1.82) is 0 Å². The van der Waals surface area contributed by atoms with Crippen LogP contribution in [0.3, 0.4) is 0 Å². The van der Waals surface area contributed by atoms with Crippen LogP contribution in [-0.2, 0) is 9.59 Å². The number of carbonyl (C=O) groups is 3. The van der Waals surface area contributed by atoms with E-state index < -0.39 is 41.1 Å². The van der Waals surface area contributed by atoms with Crippen molar-refractivity contribution in [2.24, 2.45) is 0 Å². The molecule has 0 spiro atoms. The zero-order valence-electron chi connectivity index (χ0n) is 11.1. The zero-order chi connectivity index (χ0) is 15.1. The average molecular weight is 294 g/mol. The first kappa shape index (κ1) is 13.7. The molecule has 0 radical (unpaired) electrons. The highest BCUT2D eigenvalue weighted by Gasteiger charge is 2.41. The Morgan fingerprint density at radius 1 is 1.10 bits per heavy atom. The molecule has 1 fully saturated rings. The summed E-state index contributed by atoms with van der Waals surface area (Å²) in [5.41, 5.74) is -1.02. The van der Waals surface area contributed by atoms with Crippen LogP contribution in [0.5, 0.6) is 0 Å². The molecule has 1 aromatic carbocycles. The molecule has 2 amide bonds. The first-order chi connectivity index (χ1) is 10.0. The van der Waals surface area contributed by atoms with Crippen molar-refractivity contribution in [3.8, 4) is 0 Å². The molecule has 0 aromatic heterocycles. The lowest BCUT2D eigenvalue weighted by Gasteiger charge is -2.21. The summed E-state index contributed by atoms with van der Waals surface area (Å²) in [5, 5.41) is 0. The Bertz CT molecular complexity index is 654. The van der Waals surface area contributed by atoms with Crippen LogP contribution in [-0.4, -0.2) is 42.1 Å². The van der Waals surface area contributed by atoms with Crippen molar-refractivity contribution >= 4 is 23.3 Å². The van der Waals surface area contributed by atoms with Crippen LogP contribution in [0.25, 0.3) is 0 Å². The van der Waals surface area contributed by atoms with Gasteiger partial charge in [-0.25, -0.2) is 8.78 Å². The summed E-state index contributed by atoms with van der Waals surface area (Å²) in [6, 6.07) is 1.64. The van der Waals surface area contributed by atoms with Crippen molar-refractivity contribution in [3.63, 3.8) is 0 Å². The Kier molecular flexibility index (Phi) is 3.19. The number of rotatable bonds is 2. The molecule has 5 nitrogen and oxygen atoms in total.